The molecular formula is C20H21N5O3. The summed E-state index contributed by atoms with van der Waals surface area (Å²) in [5, 5.41) is 12.2. The molecule has 0 aliphatic carbocycles. The van der Waals surface area contributed by atoms with Crippen molar-refractivity contribution in [2.45, 2.75) is 13.8 Å². The lowest BCUT2D eigenvalue weighted by Crippen LogP contribution is -2.32. The maximum Gasteiger partial charge on any atom is 0.251 e. The third kappa shape index (κ3) is 4.94. The number of H-pyrrole nitrogens is 1. The number of hydrogen-bond acceptors (Lipinski definition) is 5. The Morgan fingerprint density at radius 3 is 2.61 bits per heavy atom. The molecule has 28 heavy (non-hydrogen) atoms. The number of nitrogens with zero attached hydrogens (tertiary/aromatic N) is 2. The Labute approximate surface area is 162 Å². The van der Waals surface area contributed by atoms with Crippen molar-refractivity contribution in [3.63, 3.8) is 0 Å². The molecule has 1 aromatic heterocycles. The van der Waals surface area contributed by atoms with Crippen molar-refractivity contribution < 1.29 is 14.3 Å². The van der Waals surface area contributed by atoms with Gasteiger partial charge in [0.25, 0.3) is 5.91 Å². The molecule has 0 atom stereocenters. The maximum atomic E-state index is 12.2. The van der Waals surface area contributed by atoms with E-state index in [9.17, 15) is 9.59 Å². The van der Waals surface area contributed by atoms with E-state index in [0.29, 0.717) is 35.3 Å². The van der Waals surface area contributed by atoms with Gasteiger partial charge in [-0.1, -0.05) is 12.1 Å². The Kier molecular flexibility index (Phi) is 6.01. The summed E-state index contributed by atoms with van der Waals surface area (Å²) in [6.45, 7) is 4.12. The van der Waals surface area contributed by atoms with Gasteiger partial charge in [0, 0.05) is 16.8 Å². The Morgan fingerprint density at radius 2 is 1.93 bits per heavy atom. The van der Waals surface area contributed by atoms with E-state index in [1.807, 2.05) is 19.9 Å². The highest BCUT2D eigenvalue weighted by Gasteiger charge is 2.10. The molecule has 0 radical (unpaired) electrons. The fraction of sp³-hybridized carbons (Fsp3) is 0.200. The number of ether oxygens (including phenoxy) is 1. The van der Waals surface area contributed by atoms with E-state index in [2.05, 4.69) is 25.8 Å². The summed E-state index contributed by atoms with van der Waals surface area (Å²) < 4.78 is 5.34. The zero-order chi connectivity index (χ0) is 19.9. The number of aromatic nitrogens is 3. The average molecular weight is 379 g/mol. The van der Waals surface area contributed by atoms with Gasteiger partial charge in [-0.3, -0.25) is 14.7 Å². The van der Waals surface area contributed by atoms with E-state index >= 15 is 0 Å². The highest BCUT2D eigenvalue weighted by molar-refractivity contribution is 5.99. The summed E-state index contributed by atoms with van der Waals surface area (Å²) in [7, 11) is 0. The van der Waals surface area contributed by atoms with E-state index < -0.39 is 0 Å². The summed E-state index contributed by atoms with van der Waals surface area (Å²) in [5.74, 6) is 1.29. The Bertz CT molecular complexity index is 966. The topological polar surface area (TPSA) is 109 Å². The van der Waals surface area contributed by atoms with Crippen LogP contribution in [0, 0.1) is 6.92 Å². The van der Waals surface area contributed by atoms with E-state index in [4.69, 9.17) is 4.74 Å². The number of carbonyl (C=O) groups excluding carboxylic acids is 2. The zero-order valence-electron chi connectivity index (χ0n) is 15.7. The van der Waals surface area contributed by atoms with Crippen LogP contribution in [0.5, 0.6) is 5.75 Å². The standard InChI is InChI=1S/C20H21N5O3/c1-3-28-17-9-7-14(8-10-17)20(27)21-12-18(26)23-16-6-4-5-15(11-16)19-22-13(2)24-25-19/h4-11H,3,12H2,1-2H3,(H,21,27)(H,23,26)(H,22,24,25). The van der Waals surface area contributed by atoms with Gasteiger partial charge >= 0.3 is 0 Å². The third-order valence-corrected chi connectivity index (χ3v) is 3.84. The molecule has 0 unspecified atom stereocenters. The number of aryl methyl sites for hydroxylation is 1. The van der Waals surface area contributed by atoms with Crippen LogP contribution in [0.4, 0.5) is 5.69 Å². The van der Waals surface area contributed by atoms with E-state index in [1.165, 1.54) is 0 Å². The van der Waals surface area contributed by atoms with Gasteiger partial charge in [0.15, 0.2) is 5.82 Å². The van der Waals surface area contributed by atoms with Crippen LogP contribution in [0.2, 0.25) is 0 Å². The zero-order valence-corrected chi connectivity index (χ0v) is 15.7. The van der Waals surface area contributed by atoms with Gasteiger partial charge in [-0.2, -0.15) is 5.10 Å². The van der Waals surface area contributed by atoms with Crippen LogP contribution in [0.3, 0.4) is 0 Å². The molecule has 3 rings (SSSR count). The molecule has 1 heterocycles. The van der Waals surface area contributed by atoms with Gasteiger partial charge < -0.3 is 15.4 Å². The highest BCUT2D eigenvalue weighted by Crippen LogP contribution is 2.19. The van der Waals surface area contributed by atoms with Crippen LogP contribution < -0.4 is 15.4 Å². The minimum Gasteiger partial charge on any atom is -0.494 e. The van der Waals surface area contributed by atoms with Crippen LogP contribution in [0.1, 0.15) is 23.1 Å². The van der Waals surface area contributed by atoms with Crippen molar-refractivity contribution in [1.82, 2.24) is 20.5 Å². The molecule has 0 bridgehead atoms. The van der Waals surface area contributed by atoms with Crippen molar-refractivity contribution in [3.05, 3.63) is 59.9 Å². The number of nitrogens with one attached hydrogen (secondary N) is 3. The summed E-state index contributed by atoms with van der Waals surface area (Å²) in [6, 6.07) is 13.9. The first-order valence-electron chi connectivity index (χ1n) is 8.85. The van der Waals surface area contributed by atoms with Gasteiger partial charge in [0.05, 0.1) is 13.2 Å². The van der Waals surface area contributed by atoms with Gasteiger partial charge in [-0.15, -0.1) is 0 Å². The molecule has 144 valence electrons. The molecule has 3 N–H and O–H groups in total. The summed E-state index contributed by atoms with van der Waals surface area (Å²) in [5.41, 5.74) is 1.83. The van der Waals surface area contributed by atoms with Crippen molar-refractivity contribution in [3.8, 4) is 17.1 Å². The molecule has 0 fully saturated rings. The molecule has 3 aromatic rings. The number of rotatable bonds is 7. The van der Waals surface area contributed by atoms with Crippen LogP contribution in [-0.4, -0.2) is 40.1 Å². The van der Waals surface area contributed by atoms with Gasteiger partial charge in [0.1, 0.15) is 11.6 Å². The van der Waals surface area contributed by atoms with Crippen LogP contribution in [0.25, 0.3) is 11.4 Å². The number of anilines is 1. The molecule has 2 aromatic carbocycles. The van der Waals surface area contributed by atoms with Crippen molar-refractivity contribution >= 4 is 17.5 Å². The van der Waals surface area contributed by atoms with Crippen LogP contribution in [-0.2, 0) is 4.79 Å². The smallest absolute Gasteiger partial charge is 0.251 e. The number of amides is 2. The summed E-state index contributed by atoms with van der Waals surface area (Å²) in [6.07, 6.45) is 0. The van der Waals surface area contributed by atoms with Crippen LogP contribution >= 0.6 is 0 Å². The summed E-state index contributed by atoms with van der Waals surface area (Å²) in [4.78, 5) is 28.6. The highest BCUT2D eigenvalue weighted by atomic mass is 16.5. The van der Waals surface area contributed by atoms with Crippen molar-refractivity contribution in [1.29, 1.82) is 0 Å². The Balaban J connectivity index is 1.55. The molecule has 8 heteroatoms. The first-order chi connectivity index (χ1) is 13.5. The van der Waals surface area contributed by atoms with E-state index in [1.54, 1.807) is 42.5 Å². The SMILES string of the molecule is CCOc1ccc(C(=O)NCC(=O)Nc2cccc(-c3n[nH]c(C)n3)c2)cc1. The van der Waals surface area contributed by atoms with E-state index in [0.717, 1.165) is 5.56 Å². The van der Waals surface area contributed by atoms with Crippen molar-refractivity contribution in [2.24, 2.45) is 0 Å². The Hall–Kier alpha value is -3.68. The second-order valence-electron chi connectivity index (χ2n) is 6.01. The monoisotopic (exact) mass is 379 g/mol. The number of hydrogen-bond donors (Lipinski definition) is 3. The second kappa shape index (κ2) is 8.81. The predicted octanol–water partition coefficient (Wildman–Crippen LogP) is 2.55. The predicted molar refractivity (Wildman–Crippen MR) is 105 cm³/mol. The molecule has 8 nitrogen and oxygen atoms in total. The number of benzene rings is 2. The molecular weight excluding hydrogens is 358 g/mol. The molecule has 2 amide bonds. The lowest BCUT2D eigenvalue weighted by Gasteiger charge is -2.08. The Morgan fingerprint density at radius 1 is 1.14 bits per heavy atom. The number of aromatic amines is 1. The lowest BCUT2D eigenvalue weighted by atomic mass is 10.2. The molecule has 0 aliphatic heterocycles. The minimum absolute atomic E-state index is 0.143. The quantitative estimate of drug-likeness (QED) is 0.584. The van der Waals surface area contributed by atoms with Gasteiger partial charge in [-0.05, 0) is 50.2 Å². The van der Waals surface area contributed by atoms with Gasteiger partial charge in [-0.25, -0.2) is 4.98 Å². The average Bonchev–Trinajstić information content (AvgIpc) is 3.14. The fourth-order valence-corrected chi connectivity index (χ4v) is 2.54. The van der Waals surface area contributed by atoms with Crippen LogP contribution in [0.15, 0.2) is 48.5 Å². The second-order valence-corrected chi connectivity index (χ2v) is 6.01. The first kappa shape index (κ1) is 19.1. The maximum absolute atomic E-state index is 12.2. The third-order valence-electron chi connectivity index (χ3n) is 3.84. The largest absolute Gasteiger partial charge is 0.494 e. The number of carbonyl (C=O) groups is 2. The fourth-order valence-electron chi connectivity index (χ4n) is 2.54. The van der Waals surface area contributed by atoms with Crippen molar-refractivity contribution in [2.75, 3.05) is 18.5 Å². The van der Waals surface area contributed by atoms with E-state index in [-0.39, 0.29) is 18.4 Å². The summed E-state index contributed by atoms with van der Waals surface area (Å²) >= 11 is 0. The minimum atomic E-state index is -0.331. The first-order valence-corrected chi connectivity index (χ1v) is 8.85. The molecule has 0 saturated carbocycles. The normalized spacial score (nSPS) is 10.4. The molecule has 0 saturated heterocycles. The molecule has 0 spiro atoms. The van der Waals surface area contributed by atoms with Gasteiger partial charge in [0.2, 0.25) is 5.91 Å². The molecule has 0 aliphatic rings. The lowest BCUT2D eigenvalue weighted by molar-refractivity contribution is -0.115.